The molecule has 2 atom stereocenters. The first kappa shape index (κ1) is 11.5. The van der Waals surface area contributed by atoms with Crippen LogP contribution in [-0.2, 0) is 0 Å². The smallest absolute Gasteiger partial charge is 0.0408 e. The van der Waals surface area contributed by atoms with E-state index < -0.39 is 0 Å². The molecular formula is C12H18ClN. The normalized spacial score (nSPS) is 15.1. The van der Waals surface area contributed by atoms with Crippen LogP contribution in [0.15, 0.2) is 24.3 Å². The molecule has 0 spiro atoms. The molecule has 0 aliphatic heterocycles. The van der Waals surface area contributed by atoms with Gasteiger partial charge in [0, 0.05) is 11.1 Å². The largest absolute Gasteiger partial charge is 0.328 e. The predicted molar refractivity (Wildman–Crippen MR) is 62.8 cm³/mol. The van der Waals surface area contributed by atoms with Gasteiger partial charge in [0.05, 0.1) is 0 Å². The number of hydrogen-bond donors (Lipinski definition) is 1. The lowest BCUT2D eigenvalue weighted by atomic mass is 9.95. The Kier molecular flexibility index (Phi) is 4.43. The molecular weight excluding hydrogens is 194 g/mol. The molecule has 1 aromatic carbocycles. The van der Waals surface area contributed by atoms with Gasteiger partial charge in [0.25, 0.3) is 0 Å². The van der Waals surface area contributed by atoms with Crippen molar-refractivity contribution in [2.75, 3.05) is 0 Å². The van der Waals surface area contributed by atoms with E-state index in [1.165, 1.54) is 5.56 Å². The maximum absolute atomic E-state index is 5.93. The van der Waals surface area contributed by atoms with Gasteiger partial charge in [-0.2, -0.15) is 0 Å². The summed E-state index contributed by atoms with van der Waals surface area (Å²) in [5.41, 5.74) is 7.03. The average Bonchev–Trinajstić information content (AvgIpc) is 2.14. The van der Waals surface area contributed by atoms with Gasteiger partial charge in [-0.25, -0.2) is 0 Å². The SMILES string of the molecule is CC(N)CCC(C)c1cccc(Cl)c1. The number of hydrogen-bond acceptors (Lipinski definition) is 1. The van der Waals surface area contributed by atoms with Crippen molar-refractivity contribution in [3.05, 3.63) is 34.9 Å². The predicted octanol–water partition coefficient (Wildman–Crippen LogP) is 3.57. The van der Waals surface area contributed by atoms with Crippen LogP contribution in [0.1, 0.15) is 38.2 Å². The van der Waals surface area contributed by atoms with Crippen molar-refractivity contribution >= 4 is 11.6 Å². The summed E-state index contributed by atoms with van der Waals surface area (Å²) < 4.78 is 0. The van der Waals surface area contributed by atoms with E-state index >= 15 is 0 Å². The summed E-state index contributed by atoms with van der Waals surface area (Å²) in [4.78, 5) is 0. The number of halogens is 1. The van der Waals surface area contributed by atoms with E-state index in [4.69, 9.17) is 17.3 Å². The molecule has 0 saturated carbocycles. The van der Waals surface area contributed by atoms with Gasteiger partial charge in [-0.05, 0) is 43.4 Å². The highest BCUT2D eigenvalue weighted by molar-refractivity contribution is 6.30. The summed E-state index contributed by atoms with van der Waals surface area (Å²) in [6.45, 7) is 4.26. The zero-order chi connectivity index (χ0) is 10.6. The van der Waals surface area contributed by atoms with Crippen molar-refractivity contribution in [3.8, 4) is 0 Å². The third-order valence-corrected chi connectivity index (χ3v) is 2.71. The van der Waals surface area contributed by atoms with E-state index in [0.29, 0.717) is 5.92 Å². The lowest BCUT2D eigenvalue weighted by Crippen LogP contribution is -2.15. The van der Waals surface area contributed by atoms with Crippen LogP contribution in [0.5, 0.6) is 0 Å². The second-order valence-corrected chi connectivity index (χ2v) is 4.45. The highest BCUT2D eigenvalue weighted by Gasteiger charge is 2.06. The standard InChI is InChI=1S/C12H18ClN/c1-9(6-7-10(2)14)11-4-3-5-12(13)8-11/h3-5,8-10H,6-7,14H2,1-2H3. The van der Waals surface area contributed by atoms with Crippen LogP contribution >= 0.6 is 11.6 Å². The van der Waals surface area contributed by atoms with Crippen LogP contribution in [0.3, 0.4) is 0 Å². The molecule has 0 amide bonds. The van der Waals surface area contributed by atoms with Crippen LogP contribution in [0.2, 0.25) is 5.02 Å². The summed E-state index contributed by atoms with van der Waals surface area (Å²) >= 11 is 5.93. The summed E-state index contributed by atoms with van der Waals surface area (Å²) in [6.07, 6.45) is 2.19. The van der Waals surface area contributed by atoms with E-state index in [-0.39, 0.29) is 6.04 Å². The van der Waals surface area contributed by atoms with E-state index in [2.05, 4.69) is 13.0 Å². The Morgan fingerprint density at radius 2 is 2.00 bits per heavy atom. The molecule has 1 rings (SSSR count). The van der Waals surface area contributed by atoms with Gasteiger partial charge in [-0.15, -0.1) is 0 Å². The molecule has 2 N–H and O–H groups in total. The molecule has 1 aromatic rings. The number of nitrogens with two attached hydrogens (primary N) is 1. The molecule has 14 heavy (non-hydrogen) atoms. The van der Waals surface area contributed by atoms with Crippen molar-refractivity contribution in [1.82, 2.24) is 0 Å². The second kappa shape index (κ2) is 5.38. The Bertz CT molecular complexity index is 283. The van der Waals surface area contributed by atoms with Crippen molar-refractivity contribution in [3.63, 3.8) is 0 Å². The van der Waals surface area contributed by atoms with Crippen LogP contribution in [0, 0.1) is 0 Å². The highest BCUT2D eigenvalue weighted by atomic mass is 35.5. The Balaban J connectivity index is 2.56. The van der Waals surface area contributed by atoms with E-state index in [1.807, 2.05) is 25.1 Å². The van der Waals surface area contributed by atoms with E-state index in [0.717, 1.165) is 17.9 Å². The Morgan fingerprint density at radius 1 is 1.29 bits per heavy atom. The van der Waals surface area contributed by atoms with E-state index in [1.54, 1.807) is 0 Å². The molecule has 0 fully saturated rings. The second-order valence-electron chi connectivity index (χ2n) is 4.01. The summed E-state index contributed by atoms with van der Waals surface area (Å²) in [5.74, 6) is 0.541. The Morgan fingerprint density at radius 3 is 2.57 bits per heavy atom. The Hall–Kier alpha value is -0.530. The fourth-order valence-corrected chi connectivity index (χ4v) is 1.69. The first-order valence-corrected chi connectivity index (χ1v) is 5.48. The summed E-state index contributed by atoms with van der Waals surface area (Å²) in [6, 6.07) is 8.35. The lowest BCUT2D eigenvalue weighted by Gasteiger charge is -2.13. The van der Waals surface area contributed by atoms with Gasteiger partial charge in [-0.3, -0.25) is 0 Å². The van der Waals surface area contributed by atoms with Crippen LogP contribution < -0.4 is 5.73 Å². The third-order valence-electron chi connectivity index (χ3n) is 2.47. The van der Waals surface area contributed by atoms with Crippen molar-refractivity contribution < 1.29 is 0 Å². The summed E-state index contributed by atoms with van der Waals surface area (Å²) in [5, 5.41) is 0.815. The van der Waals surface area contributed by atoms with Gasteiger partial charge in [0.2, 0.25) is 0 Å². The molecule has 0 aromatic heterocycles. The molecule has 0 aliphatic rings. The molecule has 0 saturated heterocycles. The lowest BCUT2D eigenvalue weighted by molar-refractivity contribution is 0.569. The first-order chi connectivity index (χ1) is 6.59. The molecule has 0 aliphatic carbocycles. The van der Waals surface area contributed by atoms with Gasteiger partial charge in [0.15, 0.2) is 0 Å². The summed E-state index contributed by atoms with van der Waals surface area (Å²) in [7, 11) is 0. The molecule has 78 valence electrons. The van der Waals surface area contributed by atoms with Crippen LogP contribution in [-0.4, -0.2) is 6.04 Å². The number of rotatable bonds is 4. The maximum atomic E-state index is 5.93. The van der Waals surface area contributed by atoms with Gasteiger partial charge in [-0.1, -0.05) is 30.7 Å². The molecule has 0 radical (unpaired) electrons. The van der Waals surface area contributed by atoms with Crippen molar-refractivity contribution in [2.24, 2.45) is 5.73 Å². The highest BCUT2D eigenvalue weighted by Crippen LogP contribution is 2.23. The number of benzene rings is 1. The quantitative estimate of drug-likeness (QED) is 0.810. The average molecular weight is 212 g/mol. The fourth-order valence-electron chi connectivity index (χ4n) is 1.49. The zero-order valence-electron chi connectivity index (χ0n) is 8.83. The monoisotopic (exact) mass is 211 g/mol. The minimum absolute atomic E-state index is 0.289. The Labute approximate surface area is 91.3 Å². The molecule has 0 bridgehead atoms. The topological polar surface area (TPSA) is 26.0 Å². The molecule has 0 heterocycles. The van der Waals surface area contributed by atoms with Gasteiger partial charge in [0.1, 0.15) is 0 Å². The zero-order valence-corrected chi connectivity index (χ0v) is 9.59. The van der Waals surface area contributed by atoms with Gasteiger partial charge >= 0.3 is 0 Å². The van der Waals surface area contributed by atoms with Crippen LogP contribution in [0.4, 0.5) is 0 Å². The maximum Gasteiger partial charge on any atom is 0.0408 e. The third kappa shape index (κ3) is 3.69. The van der Waals surface area contributed by atoms with Crippen LogP contribution in [0.25, 0.3) is 0 Å². The molecule has 1 nitrogen and oxygen atoms in total. The van der Waals surface area contributed by atoms with Crippen molar-refractivity contribution in [2.45, 2.75) is 38.6 Å². The van der Waals surface area contributed by atoms with Crippen molar-refractivity contribution in [1.29, 1.82) is 0 Å². The molecule has 2 heteroatoms. The minimum Gasteiger partial charge on any atom is -0.328 e. The van der Waals surface area contributed by atoms with E-state index in [9.17, 15) is 0 Å². The molecule has 2 unspecified atom stereocenters. The fraction of sp³-hybridized carbons (Fsp3) is 0.500. The minimum atomic E-state index is 0.289. The van der Waals surface area contributed by atoms with Gasteiger partial charge < -0.3 is 5.73 Å². The first-order valence-electron chi connectivity index (χ1n) is 5.10.